The van der Waals surface area contributed by atoms with Crippen molar-refractivity contribution in [2.24, 2.45) is 7.05 Å². The van der Waals surface area contributed by atoms with Crippen LogP contribution in [0.5, 0.6) is 0 Å². The highest BCUT2D eigenvalue weighted by Gasteiger charge is 2.09. The van der Waals surface area contributed by atoms with Crippen LogP contribution in [0.2, 0.25) is 0 Å². The van der Waals surface area contributed by atoms with E-state index in [-0.39, 0.29) is 0 Å². The van der Waals surface area contributed by atoms with E-state index in [1.165, 1.54) is 0 Å². The summed E-state index contributed by atoms with van der Waals surface area (Å²) < 4.78 is 1.72. The van der Waals surface area contributed by atoms with Crippen LogP contribution in [-0.4, -0.2) is 14.8 Å². The van der Waals surface area contributed by atoms with E-state index in [4.69, 9.17) is 5.26 Å². The van der Waals surface area contributed by atoms with Crippen molar-refractivity contribution in [1.82, 2.24) is 14.8 Å². The highest BCUT2D eigenvalue weighted by Crippen LogP contribution is 2.22. The summed E-state index contributed by atoms with van der Waals surface area (Å²) in [5.74, 6) is 0.573. The molecule has 0 unspecified atom stereocenters. The maximum atomic E-state index is 9.10. The normalized spacial score (nSPS) is 10.0. The molecule has 0 saturated carbocycles. The Hall–Kier alpha value is -2.35. The fourth-order valence-electron chi connectivity index (χ4n) is 1.64. The van der Waals surface area contributed by atoms with Gasteiger partial charge >= 0.3 is 0 Å². The number of aromatic nitrogens is 3. The van der Waals surface area contributed by atoms with Gasteiger partial charge in [-0.05, 0) is 25.5 Å². The van der Waals surface area contributed by atoms with Crippen LogP contribution in [0.25, 0.3) is 0 Å². The van der Waals surface area contributed by atoms with Crippen LogP contribution < -0.4 is 5.32 Å². The minimum absolute atomic E-state index is 0.566. The minimum Gasteiger partial charge on any atom is -0.336 e. The number of hydrogen-bond donors (Lipinski definition) is 1. The lowest BCUT2D eigenvalue weighted by atomic mass is 10.1. The molecule has 0 aliphatic heterocycles. The summed E-state index contributed by atoms with van der Waals surface area (Å²) in [4.78, 5) is 4.19. The molecule has 0 amide bonds. The predicted octanol–water partition coefficient (Wildman–Crippen LogP) is 2.05. The SMILES string of the molecule is Cc1ccnc(Nc2cn(C)nc2C)c1C#N. The molecule has 2 rings (SSSR count). The molecule has 0 bridgehead atoms. The molecule has 1 N–H and O–H groups in total. The number of hydrogen-bond acceptors (Lipinski definition) is 4. The van der Waals surface area contributed by atoms with E-state index in [9.17, 15) is 0 Å². The smallest absolute Gasteiger partial charge is 0.148 e. The van der Waals surface area contributed by atoms with E-state index in [1.807, 2.05) is 33.2 Å². The van der Waals surface area contributed by atoms with Gasteiger partial charge in [0, 0.05) is 19.4 Å². The molecule has 0 saturated heterocycles. The average Bonchev–Trinajstić information content (AvgIpc) is 2.58. The zero-order valence-corrected chi connectivity index (χ0v) is 10.0. The summed E-state index contributed by atoms with van der Waals surface area (Å²) in [7, 11) is 1.85. The molecule has 0 aliphatic rings. The molecule has 2 aromatic heterocycles. The first-order valence-corrected chi connectivity index (χ1v) is 5.25. The lowest BCUT2D eigenvalue weighted by molar-refractivity contribution is 0.756. The van der Waals surface area contributed by atoms with Crippen LogP contribution in [0.4, 0.5) is 11.5 Å². The Morgan fingerprint density at radius 1 is 1.41 bits per heavy atom. The fraction of sp³-hybridized carbons (Fsp3) is 0.250. The van der Waals surface area contributed by atoms with Gasteiger partial charge in [0.1, 0.15) is 11.9 Å². The molecule has 0 atom stereocenters. The first-order valence-electron chi connectivity index (χ1n) is 5.25. The van der Waals surface area contributed by atoms with Gasteiger partial charge in [0.15, 0.2) is 0 Å². The number of nitrogens with zero attached hydrogens (tertiary/aromatic N) is 4. The number of nitriles is 1. The van der Waals surface area contributed by atoms with Gasteiger partial charge in [-0.25, -0.2) is 4.98 Å². The van der Waals surface area contributed by atoms with E-state index in [1.54, 1.807) is 10.9 Å². The second kappa shape index (κ2) is 4.26. The molecule has 2 heterocycles. The lowest BCUT2D eigenvalue weighted by Gasteiger charge is -2.07. The molecular formula is C12H13N5. The van der Waals surface area contributed by atoms with Crippen molar-refractivity contribution in [1.29, 1.82) is 5.26 Å². The van der Waals surface area contributed by atoms with Crippen molar-refractivity contribution in [3.05, 3.63) is 35.3 Å². The standard InChI is InChI=1S/C12H13N5/c1-8-4-5-14-12(10(8)6-13)15-11-7-17(3)16-9(11)2/h4-5,7H,1-3H3,(H,14,15). The largest absolute Gasteiger partial charge is 0.336 e. The molecule has 5 nitrogen and oxygen atoms in total. The summed E-state index contributed by atoms with van der Waals surface area (Å²) in [5, 5.41) is 16.5. The van der Waals surface area contributed by atoms with Gasteiger partial charge in [0.05, 0.1) is 16.9 Å². The van der Waals surface area contributed by atoms with Crippen molar-refractivity contribution in [3.8, 4) is 6.07 Å². The van der Waals surface area contributed by atoms with Crippen LogP contribution in [-0.2, 0) is 7.05 Å². The fourth-order valence-corrected chi connectivity index (χ4v) is 1.64. The van der Waals surface area contributed by atoms with E-state index >= 15 is 0 Å². The molecule has 0 spiro atoms. The lowest BCUT2D eigenvalue weighted by Crippen LogP contribution is -1.98. The summed E-state index contributed by atoms with van der Waals surface area (Å²) in [6.07, 6.45) is 3.55. The third-order valence-electron chi connectivity index (χ3n) is 2.54. The maximum absolute atomic E-state index is 9.10. The highest BCUT2D eigenvalue weighted by molar-refractivity contribution is 5.65. The Bertz CT molecular complexity index is 591. The van der Waals surface area contributed by atoms with Gasteiger partial charge in [0.2, 0.25) is 0 Å². The zero-order chi connectivity index (χ0) is 12.4. The van der Waals surface area contributed by atoms with Crippen molar-refractivity contribution in [2.75, 3.05) is 5.32 Å². The van der Waals surface area contributed by atoms with E-state index in [0.29, 0.717) is 11.4 Å². The van der Waals surface area contributed by atoms with Gasteiger partial charge in [-0.1, -0.05) is 0 Å². The van der Waals surface area contributed by atoms with E-state index < -0.39 is 0 Å². The third kappa shape index (κ3) is 2.11. The van der Waals surface area contributed by atoms with Crippen molar-refractivity contribution in [2.45, 2.75) is 13.8 Å². The van der Waals surface area contributed by atoms with Crippen LogP contribution in [0, 0.1) is 25.2 Å². The van der Waals surface area contributed by atoms with Gasteiger partial charge in [-0.2, -0.15) is 10.4 Å². The second-order valence-electron chi connectivity index (χ2n) is 3.89. The maximum Gasteiger partial charge on any atom is 0.148 e. The van der Waals surface area contributed by atoms with Crippen molar-refractivity contribution in [3.63, 3.8) is 0 Å². The van der Waals surface area contributed by atoms with Gasteiger partial charge < -0.3 is 5.32 Å². The number of rotatable bonds is 2. The van der Waals surface area contributed by atoms with Crippen molar-refractivity contribution < 1.29 is 0 Å². The van der Waals surface area contributed by atoms with Gasteiger partial charge in [0.25, 0.3) is 0 Å². The van der Waals surface area contributed by atoms with Crippen LogP contribution in [0.15, 0.2) is 18.5 Å². The summed E-state index contributed by atoms with van der Waals surface area (Å²) >= 11 is 0. The van der Waals surface area contributed by atoms with E-state index in [0.717, 1.165) is 16.9 Å². The highest BCUT2D eigenvalue weighted by atomic mass is 15.3. The quantitative estimate of drug-likeness (QED) is 0.852. The molecule has 86 valence electrons. The van der Waals surface area contributed by atoms with Crippen LogP contribution >= 0.6 is 0 Å². The third-order valence-corrected chi connectivity index (χ3v) is 2.54. The molecule has 2 aromatic rings. The van der Waals surface area contributed by atoms with Crippen LogP contribution in [0.1, 0.15) is 16.8 Å². The number of anilines is 2. The Balaban J connectivity index is 2.40. The summed E-state index contributed by atoms with van der Waals surface area (Å²) in [6, 6.07) is 3.98. The van der Waals surface area contributed by atoms with Gasteiger partial charge in [-0.3, -0.25) is 4.68 Å². The molecule has 5 heteroatoms. The molecule has 0 radical (unpaired) electrons. The zero-order valence-electron chi connectivity index (χ0n) is 10.0. The molecule has 0 aromatic carbocycles. The number of pyridine rings is 1. The second-order valence-corrected chi connectivity index (χ2v) is 3.89. The molecule has 0 fully saturated rings. The van der Waals surface area contributed by atoms with Crippen LogP contribution in [0.3, 0.4) is 0 Å². The number of nitrogens with one attached hydrogen (secondary N) is 1. The van der Waals surface area contributed by atoms with Crippen molar-refractivity contribution >= 4 is 11.5 Å². The molecule has 17 heavy (non-hydrogen) atoms. The van der Waals surface area contributed by atoms with E-state index in [2.05, 4.69) is 21.5 Å². The Morgan fingerprint density at radius 2 is 2.18 bits per heavy atom. The average molecular weight is 227 g/mol. The monoisotopic (exact) mass is 227 g/mol. The first kappa shape index (κ1) is 11.1. The summed E-state index contributed by atoms with van der Waals surface area (Å²) in [5.41, 5.74) is 3.21. The Kier molecular flexibility index (Phi) is 2.79. The summed E-state index contributed by atoms with van der Waals surface area (Å²) in [6.45, 7) is 3.80. The predicted molar refractivity (Wildman–Crippen MR) is 64.9 cm³/mol. The minimum atomic E-state index is 0.566. The molecular weight excluding hydrogens is 214 g/mol. The molecule has 0 aliphatic carbocycles. The Labute approximate surface area is 99.7 Å². The Morgan fingerprint density at radius 3 is 2.76 bits per heavy atom. The number of aryl methyl sites for hydroxylation is 3. The first-order chi connectivity index (χ1) is 8.11. The van der Waals surface area contributed by atoms with Gasteiger partial charge in [-0.15, -0.1) is 0 Å². The topological polar surface area (TPSA) is 66.5 Å².